The Kier molecular flexibility index (Phi) is 4.30. The van der Waals surface area contributed by atoms with Crippen LogP contribution in [-0.2, 0) is 11.3 Å². The molecule has 0 radical (unpaired) electrons. The number of ether oxygens (including phenoxy) is 1. The van der Waals surface area contributed by atoms with Gasteiger partial charge in [0.1, 0.15) is 4.34 Å². The molecule has 0 aliphatic heterocycles. The Bertz CT molecular complexity index is 340. The van der Waals surface area contributed by atoms with E-state index in [0.29, 0.717) is 0 Å². The number of methoxy groups -OCH3 is 1. The maximum absolute atomic E-state index is 5.98. The lowest BCUT2D eigenvalue weighted by atomic mass is 9.80. The zero-order valence-corrected chi connectivity index (χ0v) is 12.3. The van der Waals surface area contributed by atoms with Gasteiger partial charge in [0.05, 0.1) is 5.60 Å². The first-order valence-corrected chi connectivity index (χ1v) is 7.33. The molecule has 0 atom stereocenters. The highest BCUT2D eigenvalue weighted by atomic mass is 79.9. The highest BCUT2D eigenvalue weighted by Crippen LogP contribution is 2.35. The van der Waals surface area contributed by atoms with Crippen molar-refractivity contribution >= 4 is 38.9 Å². The largest absolute Gasteiger partial charge is 0.377 e. The average Bonchev–Trinajstić information content (AvgIpc) is 2.51. The van der Waals surface area contributed by atoms with Crippen LogP contribution in [-0.4, -0.2) is 19.3 Å². The molecule has 1 aromatic heterocycles. The van der Waals surface area contributed by atoms with Gasteiger partial charge in [-0.15, -0.1) is 11.3 Å². The third kappa shape index (κ3) is 2.79. The number of nitrogens with one attached hydrogen (secondary N) is 1. The second-order valence-corrected chi connectivity index (χ2v) is 6.77. The molecule has 1 heterocycles. The normalized spacial score (nSPS) is 18.4. The van der Waals surface area contributed by atoms with Gasteiger partial charge in [0, 0.05) is 29.5 Å². The Labute approximate surface area is 113 Å². The highest BCUT2D eigenvalue weighted by molar-refractivity contribution is 9.10. The van der Waals surface area contributed by atoms with E-state index in [0.717, 1.165) is 21.9 Å². The lowest BCUT2D eigenvalue weighted by Crippen LogP contribution is -2.47. The quantitative estimate of drug-likeness (QED) is 0.889. The summed E-state index contributed by atoms with van der Waals surface area (Å²) in [6.07, 6.45) is 3.63. The highest BCUT2D eigenvalue weighted by Gasteiger charge is 2.36. The minimum atomic E-state index is 0.0955. The summed E-state index contributed by atoms with van der Waals surface area (Å²) < 4.78 is 7.35. The molecule has 5 heteroatoms. The molecule has 1 N–H and O–H groups in total. The van der Waals surface area contributed by atoms with E-state index < -0.39 is 0 Å². The van der Waals surface area contributed by atoms with Crippen LogP contribution in [0.3, 0.4) is 0 Å². The first kappa shape index (κ1) is 12.8. The van der Waals surface area contributed by atoms with Gasteiger partial charge in [0.2, 0.25) is 0 Å². The van der Waals surface area contributed by atoms with E-state index in [2.05, 4.69) is 27.3 Å². The Balaban J connectivity index is 1.79. The number of rotatable bonds is 5. The van der Waals surface area contributed by atoms with Gasteiger partial charge in [0.15, 0.2) is 0 Å². The minimum absolute atomic E-state index is 0.0955. The average molecular weight is 325 g/mol. The van der Waals surface area contributed by atoms with Crippen molar-refractivity contribution in [1.82, 2.24) is 5.32 Å². The van der Waals surface area contributed by atoms with E-state index >= 15 is 0 Å². The van der Waals surface area contributed by atoms with Gasteiger partial charge in [0.25, 0.3) is 0 Å². The standard InChI is InChI=1S/C11H15BrClNOS/c1-15-11(3-2-4-11)7-14-6-8-5-9(12)10(13)16-8/h5,14H,2-4,6-7H2,1H3. The van der Waals surface area contributed by atoms with E-state index in [1.807, 2.05) is 0 Å². The fraction of sp³-hybridized carbons (Fsp3) is 0.636. The van der Waals surface area contributed by atoms with Crippen molar-refractivity contribution in [2.24, 2.45) is 0 Å². The maximum atomic E-state index is 5.98. The van der Waals surface area contributed by atoms with Crippen molar-refractivity contribution in [2.75, 3.05) is 13.7 Å². The van der Waals surface area contributed by atoms with Crippen molar-refractivity contribution in [3.63, 3.8) is 0 Å². The van der Waals surface area contributed by atoms with E-state index in [9.17, 15) is 0 Å². The summed E-state index contributed by atoms with van der Waals surface area (Å²) in [4.78, 5) is 1.25. The van der Waals surface area contributed by atoms with E-state index in [1.54, 1.807) is 18.4 Å². The van der Waals surface area contributed by atoms with Gasteiger partial charge in [-0.05, 0) is 41.3 Å². The van der Waals surface area contributed by atoms with E-state index in [4.69, 9.17) is 16.3 Å². The van der Waals surface area contributed by atoms with Crippen molar-refractivity contribution in [3.8, 4) is 0 Å². The summed E-state index contributed by atoms with van der Waals surface area (Å²) >= 11 is 11.0. The van der Waals surface area contributed by atoms with Gasteiger partial charge in [-0.3, -0.25) is 0 Å². The van der Waals surface area contributed by atoms with E-state index in [-0.39, 0.29) is 5.60 Å². The smallest absolute Gasteiger partial charge is 0.107 e. The SMILES string of the molecule is COC1(CNCc2cc(Br)c(Cl)s2)CCC1. The summed E-state index contributed by atoms with van der Waals surface area (Å²) in [6, 6.07) is 2.07. The number of hydrogen-bond donors (Lipinski definition) is 1. The lowest BCUT2D eigenvalue weighted by Gasteiger charge is -2.40. The molecule has 1 saturated carbocycles. The second kappa shape index (κ2) is 5.36. The van der Waals surface area contributed by atoms with Crippen molar-refractivity contribution < 1.29 is 4.74 Å². The molecule has 2 nitrogen and oxygen atoms in total. The molecule has 0 amide bonds. The molecule has 90 valence electrons. The Morgan fingerprint density at radius 3 is 2.81 bits per heavy atom. The maximum Gasteiger partial charge on any atom is 0.107 e. The van der Waals surface area contributed by atoms with Gasteiger partial charge < -0.3 is 10.1 Å². The number of halogens is 2. The molecule has 1 aliphatic rings. The molecule has 0 bridgehead atoms. The molecule has 0 aromatic carbocycles. The van der Waals surface area contributed by atoms with Crippen LogP contribution in [0.1, 0.15) is 24.1 Å². The molecule has 0 spiro atoms. The Morgan fingerprint density at radius 1 is 1.62 bits per heavy atom. The van der Waals surface area contributed by atoms with Crippen molar-refractivity contribution in [1.29, 1.82) is 0 Å². The summed E-state index contributed by atoms with van der Waals surface area (Å²) in [7, 11) is 1.80. The first-order chi connectivity index (χ1) is 7.65. The third-order valence-electron chi connectivity index (χ3n) is 3.14. The zero-order chi connectivity index (χ0) is 11.6. The topological polar surface area (TPSA) is 21.3 Å². The van der Waals surface area contributed by atoms with Crippen LogP contribution in [0.2, 0.25) is 4.34 Å². The molecule has 2 rings (SSSR count). The predicted molar refractivity (Wildman–Crippen MR) is 72.3 cm³/mol. The molecule has 1 aromatic rings. The fourth-order valence-electron chi connectivity index (χ4n) is 1.92. The molecular formula is C11H15BrClNOS. The van der Waals surface area contributed by atoms with Gasteiger partial charge in [-0.1, -0.05) is 11.6 Å². The molecule has 0 saturated heterocycles. The molecule has 1 fully saturated rings. The van der Waals surface area contributed by atoms with Crippen LogP contribution in [0.4, 0.5) is 0 Å². The van der Waals surface area contributed by atoms with Crippen LogP contribution in [0.25, 0.3) is 0 Å². The summed E-state index contributed by atoms with van der Waals surface area (Å²) in [5.41, 5.74) is 0.0955. The van der Waals surface area contributed by atoms with Crippen LogP contribution in [0.5, 0.6) is 0 Å². The van der Waals surface area contributed by atoms with Gasteiger partial charge in [-0.25, -0.2) is 0 Å². The minimum Gasteiger partial charge on any atom is -0.377 e. The Morgan fingerprint density at radius 2 is 2.38 bits per heavy atom. The number of thiophene rings is 1. The first-order valence-electron chi connectivity index (χ1n) is 5.35. The monoisotopic (exact) mass is 323 g/mol. The molecule has 16 heavy (non-hydrogen) atoms. The van der Waals surface area contributed by atoms with Gasteiger partial charge in [-0.2, -0.15) is 0 Å². The molecular weight excluding hydrogens is 310 g/mol. The van der Waals surface area contributed by atoms with Crippen LogP contribution in [0, 0.1) is 0 Å². The summed E-state index contributed by atoms with van der Waals surface area (Å²) in [6.45, 7) is 1.79. The van der Waals surface area contributed by atoms with E-state index in [1.165, 1.54) is 24.1 Å². The molecule has 0 unspecified atom stereocenters. The summed E-state index contributed by atoms with van der Waals surface area (Å²) in [5.74, 6) is 0. The summed E-state index contributed by atoms with van der Waals surface area (Å²) in [5, 5.41) is 3.44. The molecule has 1 aliphatic carbocycles. The van der Waals surface area contributed by atoms with Crippen LogP contribution < -0.4 is 5.32 Å². The van der Waals surface area contributed by atoms with Crippen molar-refractivity contribution in [3.05, 3.63) is 19.8 Å². The zero-order valence-electron chi connectivity index (χ0n) is 9.19. The van der Waals surface area contributed by atoms with Gasteiger partial charge >= 0.3 is 0 Å². The Hall–Kier alpha value is 0.390. The second-order valence-electron chi connectivity index (χ2n) is 4.18. The lowest BCUT2D eigenvalue weighted by molar-refractivity contribution is -0.0695. The number of hydrogen-bond acceptors (Lipinski definition) is 3. The van der Waals surface area contributed by atoms with Crippen molar-refractivity contribution in [2.45, 2.75) is 31.4 Å². The predicted octanol–water partition coefficient (Wildman–Crippen LogP) is 3.82. The third-order valence-corrected chi connectivity index (χ3v) is 5.62. The van der Waals surface area contributed by atoms with Crippen LogP contribution in [0.15, 0.2) is 10.5 Å². The van der Waals surface area contributed by atoms with Crippen LogP contribution >= 0.6 is 38.9 Å². The fourth-order valence-corrected chi connectivity index (χ4v) is 3.68.